The Morgan fingerprint density at radius 2 is 1.94 bits per heavy atom. The molecule has 0 radical (unpaired) electrons. The summed E-state index contributed by atoms with van der Waals surface area (Å²) in [7, 11) is 0. The number of piperazine rings is 1. The molecule has 1 aromatic carbocycles. The number of aryl methyl sites for hydroxylation is 1. The molecule has 2 aliphatic rings. The molecule has 0 bridgehead atoms. The molecule has 33 heavy (non-hydrogen) atoms. The number of amides is 1. The average Bonchev–Trinajstić information content (AvgIpc) is 2.83. The number of ether oxygens (including phenoxy) is 1. The topological polar surface area (TPSA) is 70.6 Å². The van der Waals surface area contributed by atoms with Gasteiger partial charge in [0.15, 0.2) is 0 Å². The number of hydrogen-bond acceptors (Lipinski definition) is 6. The first-order chi connectivity index (χ1) is 16.2. The monoisotopic (exact) mass is 465 g/mol. The van der Waals surface area contributed by atoms with Gasteiger partial charge in [0.1, 0.15) is 5.82 Å². The van der Waals surface area contributed by atoms with Crippen molar-refractivity contribution in [2.24, 2.45) is 0 Å². The van der Waals surface area contributed by atoms with Gasteiger partial charge in [-0.05, 0) is 55.6 Å². The van der Waals surface area contributed by atoms with E-state index in [2.05, 4.69) is 37.2 Å². The van der Waals surface area contributed by atoms with Crippen molar-refractivity contribution in [1.82, 2.24) is 14.9 Å². The number of anilines is 2. The van der Waals surface area contributed by atoms with Gasteiger partial charge in [-0.25, -0.2) is 0 Å². The summed E-state index contributed by atoms with van der Waals surface area (Å²) in [6.07, 6.45) is 5.02. The smallest absolute Gasteiger partial charge is 0.225 e. The number of fused-ring (bicyclic) bond motifs is 2. The van der Waals surface area contributed by atoms with Crippen molar-refractivity contribution in [2.75, 3.05) is 49.5 Å². The van der Waals surface area contributed by atoms with E-state index < -0.39 is 0 Å². The van der Waals surface area contributed by atoms with Crippen LogP contribution < -0.4 is 15.0 Å². The van der Waals surface area contributed by atoms with Gasteiger partial charge in [-0.15, -0.1) is 0 Å². The summed E-state index contributed by atoms with van der Waals surface area (Å²) in [5, 5.41) is 4.61. The molecule has 0 spiro atoms. The van der Waals surface area contributed by atoms with Crippen LogP contribution in [0.3, 0.4) is 0 Å². The van der Waals surface area contributed by atoms with Crippen molar-refractivity contribution in [1.29, 1.82) is 0 Å². The maximum atomic E-state index is 11.6. The molecular weight excluding hydrogens is 438 g/mol. The predicted molar refractivity (Wildman–Crippen MR) is 131 cm³/mol. The van der Waals surface area contributed by atoms with Crippen LogP contribution in [0.1, 0.15) is 24.8 Å². The van der Waals surface area contributed by atoms with E-state index in [9.17, 15) is 4.79 Å². The molecular formula is C25H28ClN5O2. The molecule has 2 aliphatic heterocycles. The highest BCUT2D eigenvalue weighted by molar-refractivity contribution is 6.31. The summed E-state index contributed by atoms with van der Waals surface area (Å²) in [5.41, 5.74) is 3.27. The van der Waals surface area contributed by atoms with Crippen molar-refractivity contribution >= 4 is 39.9 Å². The summed E-state index contributed by atoms with van der Waals surface area (Å²) in [6, 6.07) is 12.2. The molecule has 1 amide bonds. The second-order valence-electron chi connectivity index (χ2n) is 8.59. The van der Waals surface area contributed by atoms with Crippen LogP contribution in [0.2, 0.25) is 5.02 Å². The minimum absolute atomic E-state index is 0.0214. The Morgan fingerprint density at radius 1 is 1.06 bits per heavy atom. The molecule has 3 aromatic rings. The van der Waals surface area contributed by atoms with Gasteiger partial charge >= 0.3 is 0 Å². The van der Waals surface area contributed by atoms with Crippen LogP contribution in [0.4, 0.5) is 11.5 Å². The number of pyridine rings is 2. The molecule has 0 aliphatic carbocycles. The normalized spacial score (nSPS) is 16.5. The van der Waals surface area contributed by atoms with Crippen molar-refractivity contribution < 1.29 is 9.53 Å². The van der Waals surface area contributed by atoms with Gasteiger partial charge in [0.2, 0.25) is 11.8 Å². The fraction of sp³-hybridized carbons (Fsp3) is 0.400. The van der Waals surface area contributed by atoms with Gasteiger partial charge in [0, 0.05) is 55.9 Å². The van der Waals surface area contributed by atoms with Gasteiger partial charge in [-0.2, -0.15) is 4.98 Å². The molecule has 0 atom stereocenters. The van der Waals surface area contributed by atoms with Gasteiger partial charge < -0.3 is 15.0 Å². The number of nitrogens with zero attached hydrogens (tertiary/aromatic N) is 4. The van der Waals surface area contributed by atoms with Crippen LogP contribution in [-0.2, 0) is 11.2 Å². The van der Waals surface area contributed by atoms with Gasteiger partial charge in [-0.3, -0.25) is 14.7 Å². The van der Waals surface area contributed by atoms with E-state index in [4.69, 9.17) is 16.3 Å². The first-order valence-corrected chi connectivity index (χ1v) is 12.0. The fourth-order valence-electron chi connectivity index (χ4n) is 4.51. The lowest BCUT2D eigenvalue weighted by atomic mass is 10.1. The van der Waals surface area contributed by atoms with Crippen molar-refractivity contribution in [3.63, 3.8) is 0 Å². The summed E-state index contributed by atoms with van der Waals surface area (Å²) in [4.78, 5) is 25.4. The van der Waals surface area contributed by atoms with Gasteiger partial charge in [-0.1, -0.05) is 17.7 Å². The largest absolute Gasteiger partial charge is 0.478 e. The first-order valence-electron chi connectivity index (χ1n) is 11.6. The van der Waals surface area contributed by atoms with Crippen LogP contribution in [0.15, 0.2) is 42.6 Å². The number of nitrogens with one attached hydrogen (secondary N) is 1. The molecule has 1 fully saturated rings. The number of carbonyl (C=O) groups excluding carboxylic acids is 1. The molecule has 4 heterocycles. The number of hydrogen-bond donors (Lipinski definition) is 1. The average molecular weight is 466 g/mol. The minimum Gasteiger partial charge on any atom is -0.478 e. The van der Waals surface area contributed by atoms with Crippen molar-refractivity contribution in [2.45, 2.75) is 25.7 Å². The Bertz CT molecular complexity index is 1150. The molecule has 0 unspecified atom stereocenters. The summed E-state index contributed by atoms with van der Waals surface area (Å²) >= 11 is 6.19. The van der Waals surface area contributed by atoms with Crippen molar-refractivity contribution in [3.05, 3.63) is 53.2 Å². The molecule has 0 saturated carbocycles. The maximum absolute atomic E-state index is 11.6. The summed E-state index contributed by atoms with van der Waals surface area (Å²) in [6.45, 7) is 5.76. The third kappa shape index (κ3) is 5.20. The lowest BCUT2D eigenvalue weighted by Crippen LogP contribution is -2.46. The number of benzene rings is 1. The first kappa shape index (κ1) is 21.9. The van der Waals surface area contributed by atoms with Crippen LogP contribution in [0, 0.1) is 0 Å². The molecule has 5 rings (SSSR count). The maximum Gasteiger partial charge on any atom is 0.225 e. The highest BCUT2D eigenvalue weighted by Gasteiger charge is 2.19. The van der Waals surface area contributed by atoms with E-state index in [1.807, 2.05) is 24.3 Å². The summed E-state index contributed by atoms with van der Waals surface area (Å²) < 4.78 is 5.82. The van der Waals surface area contributed by atoms with E-state index in [1.54, 1.807) is 6.20 Å². The second-order valence-corrected chi connectivity index (χ2v) is 9.02. The van der Waals surface area contributed by atoms with E-state index in [0.29, 0.717) is 29.7 Å². The molecule has 1 N–H and O–H groups in total. The lowest BCUT2D eigenvalue weighted by molar-refractivity contribution is -0.116. The van der Waals surface area contributed by atoms with Crippen LogP contribution >= 0.6 is 11.6 Å². The number of rotatable bonds is 7. The highest BCUT2D eigenvalue weighted by Crippen LogP contribution is 2.28. The quantitative estimate of drug-likeness (QED) is 0.528. The minimum atomic E-state index is 0.0214. The Kier molecular flexibility index (Phi) is 6.60. The molecule has 172 valence electrons. The lowest BCUT2D eigenvalue weighted by Gasteiger charge is -2.36. The highest BCUT2D eigenvalue weighted by atomic mass is 35.5. The van der Waals surface area contributed by atoms with Crippen LogP contribution in [0.5, 0.6) is 5.88 Å². The zero-order valence-corrected chi connectivity index (χ0v) is 19.4. The zero-order chi connectivity index (χ0) is 22.6. The number of aromatic nitrogens is 2. The number of carbonyl (C=O) groups is 1. The predicted octanol–water partition coefficient (Wildman–Crippen LogP) is 4.15. The molecule has 8 heteroatoms. The van der Waals surface area contributed by atoms with E-state index in [1.165, 1.54) is 5.69 Å². The SMILES string of the molecule is O=C1CCc2ccc(OCCCCN3CCN(c4cccc5ncc(Cl)cc45)CC3)nc2N1. The fourth-order valence-corrected chi connectivity index (χ4v) is 4.67. The third-order valence-electron chi connectivity index (χ3n) is 6.33. The molecule has 1 saturated heterocycles. The Morgan fingerprint density at radius 3 is 2.82 bits per heavy atom. The van der Waals surface area contributed by atoms with E-state index >= 15 is 0 Å². The number of unbranched alkanes of at least 4 members (excludes halogenated alkanes) is 1. The van der Waals surface area contributed by atoms with Crippen LogP contribution in [-0.4, -0.2) is 60.1 Å². The molecule has 2 aromatic heterocycles. The number of halogens is 1. The molecule has 7 nitrogen and oxygen atoms in total. The van der Waals surface area contributed by atoms with E-state index in [-0.39, 0.29) is 5.91 Å². The summed E-state index contributed by atoms with van der Waals surface area (Å²) in [5.74, 6) is 1.24. The van der Waals surface area contributed by atoms with Gasteiger partial charge in [0.05, 0.1) is 17.1 Å². The van der Waals surface area contributed by atoms with E-state index in [0.717, 1.165) is 68.5 Å². The Labute approximate surface area is 198 Å². The van der Waals surface area contributed by atoms with Crippen LogP contribution in [0.25, 0.3) is 10.9 Å². The Hall–Kier alpha value is -2.90. The zero-order valence-electron chi connectivity index (χ0n) is 18.6. The van der Waals surface area contributed by atoms with Gasteiger partial charge in [0.25, 0.3) is 0 Å². The van der Waals surface area contributed by atoms with Crippen molar-refractivity contribution in [3.8, 4) is 5.88 Å². The standard InChI is InChI=1S/C25H28ClN5O2/c26-19-16-20-21(27-17-19)4-3-5-22(20)31-13-11-30(12-14-31)10-1-2-15-33-24-9-7-18-6-8-23(32)28-25(18)29-24/h3-5,7,9,16-17H,1-2,6,8,10-15H2,(H,28,29,32). The third-order valence-corrected chi connectivity index (χ3v) is 6.54. The Balaban J connectivity index is 1.06. The second kappa shape index (κ2) is 9.93.